The number of para-hydroxylation sites is 1. The zero-order chi connectivity index (χ0) is 27.2. The van der Waals surface area contributed by atoms with E-state index in [4.69, 9.17) is 4.74 Å². The summed E-state index contributed by atoms with van der Waals surface area (Å²) in [4.78, 5) is 0. The number of ether oxygens (including phenoxy) is 1. The van der Waals surface area contributed by atoms with Gasteiger partial charge in [0.05, 0.1) is 0 Å². The first kappa shape index (κ1) is 29.6. The Labute approximate surface area is 228 Å². The van der Waals surface area contributed by atoms with Crippen LogP contribution >= 0.6 is 0 Å². The molecular weight excluding hydrogens is 452 g/mol. The minimum Gasteiger partial charge on any atom is -0.507 e. The largest absolute Gasteiger partial charge is 0.507 e. The van der Waals surface area contributed by atoms with Gasteiger partial charge in [-0.05, 0) is 105 Å². The number of rotatable bonds is 13. The molecule has 2 nitrogen and oxygen atoms in total. The molecule has 0 bridgehead atoms. The maximum atomic E-state index is 10.5. The van der Waals surface area contributed by atoms with Crippen LogP contribution in [-0.4, -0.2) is 10.7 Å². The first-order chi connectivity index (χ1) is 17.5. The van der Waals surface area contributed by atoms with E-state index >= 15 is 0 Å². The molecule has 3 unspecified atom stereocenters. The molecule has 0 radical (unpaired) electrons. The van der Waals surface area contributed by atoms with Crippen molar-refractivity contribution in [2.24, 2.45) is 17.8 Å². The van der Waals surface area contributed by atoms with Gasteiger partial charge in [-0.1, -0.05) is 90.8 Å². The number of hydrogen-bond donors (Lipinski definition) is 1. The Balaban J connectivity index is 1.53. The van der Waals surface area contributed by atoms with Crippen molar-refractivity contribution >= 4 is 0 Å². The van der Waals surface area contributed by atoms with Gasteiger partial charge in [0.1, 0.15) is 17.1 Å². The average Bonchev–Trinajstić information content (AvgIpc) is 2.83. The molecule has 206 valence electrons. The first-order valence-corrected chi connectivity index (χ1v) is 15.1. The fraction of sp³-hybridized carbons (Fsp3) is 0.657. The zero-order valence-electron chi connectivity index (χ0n) is 25.2. The van der Waals surface area contributed by atoms with Gasteiger partial charge in [0.15, 0.2) is 0 Å². The van der Waals surface area contributed by atoms with Gasteiger partial charge in [-0.3, -0.25) is 0 Å². The van der Waals surface area contributed by atoms with Gasteiger partial charge >= 0.3 is 0 Å². The monoisotopic (exact) mass is 506 g/mol. The van der Waals surface area contributed by atoms with Crippen molar-refractivity contribution in [2.75, 3.05) is 0 Å². The maximum absolute atomic E-state index is 10.5. The lowest BCUT2D eigenvalue weighted by molar-refractivity contribution is 0.0514. The summed E-state index contributed by atoms with van der Waals surface area (Å²) in [6, 6.07) is 7.71. The average molecular weight is 507 g/mol. The third-order valence-corrected chi connectivity index (χ3v) is 9.08. The van der Waals surface area contributed by atoms with Crippen molar-refractivity contribution in [3.63, 3.8) is 0 Å². The molecule has 1 aliphatic rings. The molecule has 0 saturated carbocycles. The van der Waals surface area contributed by atoms with Crippen LogP contribution in [0.15, 0.2) is 24.3 Å². The maximum Gasteiger partial charge on any atom is 0.126 e. The summed E-state index contributed by atoms with van der Waals surface area (Å²) < 4.78 is 6.82. The Kier molecular flexibility index (Phi) is 10.6. The van der Waals surface area contributed by atoms with Crippen LogP contribution in [0, 0.1) is 38.5 Å². The smallest absolute Gasteiger partial charge is 0.126 e. The summed E-state index contributed by atoms with van der Waals surface area (Å²) in [5.41, 5.74) is 7.04. The van der Waals surface area contributed by atoms with E-state index in [2.05, 4.69) is 55.4 Å². The third kappa shape index (κ3) is 7.78. The molecule has 2 heteroatoms. The number of phenolic OH excluding ortho intramolecular Hbond substituents is 1. The summed E-state index contributed by atoms with van der Waals surface area (Å²) in [6.07, 6.45) is 14.1. The second-order valence-electron chi connectivity index (χ2n) is 13.0. The lowest BCUT2D eigenvalue weighted by atomic mass is 9.81. The van der Waals surface area contributed by atoms with Gasteiger partial charge in [0.25, 0.3) is 0 Å². The third-order valence-electron chi connectivity index (χ3n) is 9.08. The molecule has 0 fully saturated rings. The van der Waals surface area contributed by atoms with E-state index in [1.807, 2.05) is 18.2 Å². The van der Waals surface area contributed by atoms with Crippen molar-refractivity contribution in [2.45, 2.75) is 132 Å². The minimum absolute atomic E-state index is 0.0856. The van der Waals surface area contributed by atoms with Gasteiger partial charge in [-0.2, -0.15) is 0 Å². The summed E-state index contributed by atoms with van der Waals surface area (Å²) in [7, 11) is 0. The highest BCUT2D eigenvalue weighted by Gasteiger charge is 2.34. The first-order valence-electron chi connectivity index (χ1n) is 15.1. The van der Waals surface area contributed by atoms with E-state index in [0.29, 0.717) is 5.75 Å². The van der Waals surface area contributed by atoms with Gasteiger partial charge in [-0.25, -0.2) is 0 Å². The number of fused-ring (bicyclic) bond motifs is 1. The van der Waals surface area contributed by atoms with Crippen LogP contribution in [0.1, 0.15) is 121 Å². The number of benzene rings is 2. The van der Waals surface area contributed by atoms with Crippen molar-refractivity contribution in [3.8, 4) is 22.6 Å². The Hall–Kier alpha value is -1.96. The van der Waals surface area contributed by atoms with E-state index in [0.717, 1.165) is 48.3 Å². The molecule has 0 spiro atoms. The molecule has 0 amide bonds. The van der Waals surface area contributed by atoms with Crippen LogP contribution in [0.4, 0.5) is 0 Å². The van der Waals surface area contributed by atoms with Gasteiger partial charge < -0.3 is 9.84 Å². The van der Waals surface area contributed by atoms with E-state index in [1.165, 1.54) is 79.2 Å². The number of hydrogen-bond acceptors (Lipinski definition) is 2. The molecule has 1 heterocycles. The quantitative estimate of drug-likeness (QED) is 0.293. The van der Waals surface area contributed by atoms with Crippen LogP contribution in [0.5, 0.6) is 11.5 Å². The van der Waals surface area contributed by atoms with Crippen LogP contribution in [-0.2, 0) is 6.42 Å². The lowest BCUT2D eigenvalue weighted by Crippen LogP contribution is -2.37. The predicted octanol–water partition coefficient (Wildman–Crippen LogP) is 10.5. The molecule has 3 atom stereocenters. The molecule has 0 aromatic heterocycles. The van der Waals surface area contributed by atoms with Crippen molar-refractivity contribution in [3.05, 3.63) is 46.5 Å². The highest BCUT2D eigenvalue weighted by molar-refractivity contribution is 5.79. The summed E-state index contributed by atoms with van der Waals surface area (Å²) >= 11 is 0. The molecule has 2 aromatic carbocycles. The molecular formula is C35H54O2. The topological polar surface area (TPSA) is 29.5 Å². The molecule has 1 N–H and O–H groups in total. The Morgan fingerprint density at radius 2 is 1.41 bits per heavy atom. The normalized spacial score (nSPS) is 18.9. The Morgan fingerprint density at radius 1 is 0.811 bits per heavy atom. The van der Waals surface area contributed by atoms with E-state index < -0.39 is 0 Å². The summed E-state index contributed by atoms with van der Waals surface area (Å²) in [5, 5.41) is 10.5. The summed E-state index contributed by atoms with van der Waals surface area (Å²) in [6.45, 7) is 18.4. The summed E-state index contributed by atoms with van der Waals surface area (Å²) in [5.74, 6) is 3.97. The second-order valence-corrected chi connectivity index (χ2v) is 13.0. The number of phenols is 1. The Morgan fingerprint density at radius 3 is 2.03 bits per heavy atom. The highest BCUT2D eigenvalue weighted by Crippen LogP contribution is 2.46. The SMILES string of the molecule is Cc1c(C)c(-c2ccccc2O)c(C)c2c1OC(C)(CCCC(C)CCCC(C)CCCC(C)C)CC2. The number of aromatic hydroxyl groups is 1. The van der Waals surface area contributed by atoms with E-state index in [-0.39, 0.29) is 5.60 Å². The van der Waals surface area contributed by atoms with E-state index in [9.17, 15) is 5.11 Å². The van der Waals surface area contributed by atoms with Gasteiger partial charge in [-0.15, -0.1) is 0 Å². The molecule has 37 heavy (non-hydrogen) atoms. The fourth-order valence-corrected chi connectivity index (χ4v) is 6.38. The van der Waals surface area contributed by atoms with Gasteiger partial charge in [0.2, 0.25) is 0 Å². The lowest BCUT2D eigenvalue weighted by Gasteiger charge is -2.39. The minimum atomic E-state index is -0.0856. The van der Waals surface area contributed by atoms with Crippen LogP contribution in [0.25, 0.3) is 11.1 Å². The molecule has 0 aliphatic carbocycles. The zero-order valence-corrected chi connectivity index (χ0v) is 25.2. The molecule has 2 aromatic rings. The van der Waals surface area contributed by atoms with Crippen molar-refractivity contribution in [1.29, 1.82) is 0 Å². The predicted molar refractivity (Wildman–Crippen MR) is 160 cm³/mol. The van der Waals surface area contributed by atoms with Crippen molar-refractivity contribution in [1.82, 2.24) is 0 Å². The second kappa shape index (κ2) is 13.2. The van der Waals surface area contributed by atoms with Crippen molar-refractivity contribution < 1.29 is 9.84 Å². The van der Waals surface area contributed by atoms with Crippen LogP contribution < -0.4 is 4.74 Å². The van der Waals surface area contributed by atoms with E-state index in [1.54, 1.807) is 6.07 Å². The van der Waals surface area contributed by atoms with Gasteiger partial charge in [0, 0.05) is 5.56 Å². The molecule has 0 saturated heterocycles. The van der Waals surface area contributed by atoms with Crippen LogP contribution in [0.2, 0.25) is 0 Å². The molecule has 3 rings (SSSR count). The highest BCUT2D eigenvalue weighted by atomic mass is 16.5. The fourth-order valence-electron chi connectivity index (χ4n) is 6.38. The Bertz CT molecular complexity index is 1020. The molecule has 1 aliphatic heterocycles. The standard InChI is InChI=1S/C35H54O2/c1-24(2)14-11-15-25(3)16-12-17-26(4)18-13-22-35(8)23-21-30-29(7)33(27(5)28(6)34(30)37-35)31-19-9-10-20-32(31)36/h9-10,19-20,24-26,36H,11-18,21-23H2,1-8H3. The van der Waals surface area contributed by atoms with Crippen LogP contribution in [0.3, 0.4) is 0 Å².